The molecule has 1 aromatic heterocycles. The van der Waals surface area contributed by atoms with E-state index in [0.29, 0.717) is 36.0 Å². The smallest absolute Gasteiger partial charge is 0.310 e. The average molecular weight is 345 g/mol. The van der Waals surface area contributed by atoms with Gasteiger partial charge in [0, 0.05) is 12.1 Å². The lowest BCUT2D eigenvalue weighted by Crippen LogP contribution is -2.41. The lowest BCUT2D eigenvalue weighted by atomic mass is 9.66. The van der Waals surface area contributed by atoms with Crippen LogP contribution in [0.3, 0.4) is 0 Å². The van der Waals surface area contributed by atoms with Gasteiger partial charge in [-0.1, -0.05) is 11.6 Å². The van der Waals surface area contributed by atoms with Gasteiger partial charge in [0.1, 0.15) is 5.75 Å². The minimum Gasteiger partial charge on any atom is -0.484 e. The molecule has 0 unspecified atom stereocenters. The van der Waals surface area contributed by atoms with Crippen LogP contribution >= 0.6 is 0 Å². The summed E-state index contributed by atoms with van der Waals surface area (Å²) in [5.74, 6) is 0.331. The highest BCUT2D eigenvalue weighted by atomic mass is 16.5. The van der Waals surface area contributed by atoms with E-state index in [2.05, 4.69) is 15.5 Å². The van der Waals surface area contributed by atoms with Gasteiger partial charge in [0.25, 0.3) is 5.89 Å². The van der Waals surface area contributed by atoms with Crippen LogP contribution in [0.5, 0.6) is 5.75 Å². The van der Waals surface area contributed by atoms with Crippen molar-refractivity contribution in [2.45, 2.75) is 39.2 Å². The number of aryl methyl sites for hydroxylation is 1. The molecule has 25 heavy (non-hydrogen) atoms. The Morgan fingerprint density at radius 1 is 1.32 bits per heavy atom. The largest absolute Gasteiger partial charge is 0.484 e. The van der Waals surface area contributed by atoms with Crippen LogP contribution in [0.25, 0.3) is 0 Å². The number of hydrogen-bond donors (Lipinski definition) is 2. The minimum atomic E-state index is -0.895. The van der Waals surface area contributed by atoms with E-state index in [4.69, 9.17) is 9.26 Å². The van der Waals surface area contributed by atoms with Gasteiger partial charge in [-0.05, 0) is 44.0 Å². The fraction of sp³-hybridized carbons (Fsp3) is 0.412. The molecule has 0 bridgehead atoms. The van der Waals surface area contributed by atoms with Crippen LogP contribution in [0.1, 0.15) is 37.4 Å². The first kappa shape index (κ1) is 16.9. The summed E-state index contributed by atoms with van der Waals surface area (Å²) in [6.45, 7) is 1.89. The molecule has 3 rings (SSSR count). The maximum Gasteiger partial charge on any atom is 0.310 e. The van der Waals surface area contributed by atoms with Crippen molar-refractivity contribution in [1.29, 1.82) is 0 Å². The van der Waals surface area contributed by atoms with E-state index in [1.54, 1.807) is 31.2 Å². The van der Waals surface area contributed by atoms with Gasteiger partial charge in [-0.3, -0.25) is 9.59 Å². The lowest BCUT2D eigenvalue weighted by Gasteiger charge is -2.36. The molecule has 0 spiro atoms. The summed E-state index contributed by atoms with van der Waals surface area (Å²) in [5.41, 5.74) is -0.305. The summed E-state index contributed by atoms with van der Waals surface area (Å²) < 4.78 is 10.5. The van der Waals surface area contributed by atoms with Crippen molar-refractivity contribution in [3.05, 3.63) is 36.0 Å². The standard InChI is InChI=1S/C17H19N3O5/c1-11-18-15(25-20-11)10-24-13-5-3-12(4-6-13)19-14(21)9-17(16(22)23)7-2-8-17/h3-6H,2,7-10H2,1H3,(H,19,21)(H,22,23). The number of nitrogens with one attached hydrogen (secondary N) is 1. The van der Waals surface area contributed by atoms with E-state index in [1.165, 1.54) is 0 Å². The second-order valence-electron chi connectivity index (χ2n) is 6.21. The molecule has 1 saturated carbocycles. The third-order valence-electron chi connectivity index (χ3n) is 4.33. The Bertz CT molecular complexity index is 765. The number of ether oxygens (including phenoxy) is 1. The van der Waals surface area contributed by atoms with E-state index in [0.717, 1.165) is 6.42 Å². The van der Waals surface area contributed by atoms with Crippen LogP contribution in [-0.4, -0.2) is 27.1 Å². The van der Waals surface area contributed by atoms with E-state index in [9.17, 15) is 14.7 Å². The lowest BCUT2D eigenvalue weighted by molar-refractivity contribution is -0.157. The SMILES string of the molecule is Cc1noc(COc2ccc(NC(=O)CC3(C(=O)O)CCC3)cc2)n1. The zero-order valence-electron chi connectivity index (χ0n) is 13.8. The van der Waals surface area contributed by atoms with Gasteiger partial charge >= 0.3 is 5.97 Å². The Balaban J connectivity index is 1.51. The number of aliphatic carboxylic acids is 1. The van der Waals surface area contributed by atoms with Crippen molar-refractivity contribution >= 4 is 17.6 Å². The summed E-state index contributed by atoms with van der Waals surface area (Å²) in [6.07, 6.45) is 1.96. The first-order valence-corrected chi connectivity index (χ1v) is 8.02. The quantitative estimate of drug-likeness (QED) is 0.792. The normalized spacial score (nSPS) is 15.2. The number of carbonyl (C=O) groups is 2. The van der Waals surface area contributed by atoms with Crippen LogP contribution < -0.4 is 10.1 Å². The Morgan fingerprint density at radius 3 is 2.56 bits per heavy atom. The third-order valence-corrected chi connectivity index (χ3v) is 4.33. The van der Waals surface area contributed by atoms with Crippen molar-refractivity contribution in [2.24, 2.45) is 5.41 Å². The number of carbonyl (C=O) groups excluding carboxylic acids is 1. The molecule has 0 atom stereocenters. The maximum absolute atomic E-state index is 12.1. The minimum absolute atomic E-state index is 0.00288. The van der Waals surface area contributed by atoms with Crippen molar-refractivity contribution in [3.8, 4) is 5.75 Å². The van der Waals surface area contributed by atoms with E-state index in [-0.39, 0.29) is 18.9 Å². The molecule has 132 valence electrons. The molecule has 1 aliphatic rings. The first-order valence-electron chi connectivity index (χ1n) is 8.02. The van der Waals surface area contributed by atoms with Gasteiger partial charge in [0.05, 0.1) is 5.41 Å². The summed E-state index contributed by atoms with van der Waals surface area (Å²) in [7, 11) is 0. The van der Waals surface area contributed by atoms with Crippen LogP contribution in [0.2, 0.25) is 0 Å². The highest BCUT2D eigenvalue weighted by Crippen LogP contribution is 2.44. The van der Waals surface area contributed by atoms with Gasteiger partial charge in [0.2, 0.25) is 5.91 Å². The zero-order valence-corrected chi connectivity index (χ0v) is 13.8. The molecular weight excluding hydrogens is 326 g/mol. The fourth-order valence-corrected chi connectivity index (χ4v) is 2.76. The molecule has 1 aliphatic carbocycles. The Hall–Kier alpha value is -2.90. The molecule has 0 saturated heterocycles. The van der Waals surface area contributed by atoms with Crippen LogP contribution in [0.4, 0.5) is 5.69 Å². The number of carboxylic acids is 1. The van der Waals surface area contributed by atoms with E-state index < -0.39 is 11.4 Å². The van der Waals surface area contributed by atoms with E-state index >= 15 is 0 Å². The Morgan fingerprint density at radius 2 is 2.04 bits per heavy atom. The molecule has 0 aliphatic heterocycles. The van der Waals surface area contributed by atoms with Crippen molar-refractivity contribution in [1.82, 2.24) is 10.1 Å². The number of amides is 1. The predicted octanol–water partition coefficient (Wildman–Crippen LogP) is 2.54. The van der Waals surface area contributed by atoms with Crippen molar-refractivity contribution < 1.29 is 24.0 Å². The van der Waals surface area contributed by atoms with Gasteiger partial charge in [-0.15, -0.1) is 0 Å². The van der Waals surface area contributed by atoms with Gasteiger partial charge in [0.15, 0.2) is 12.4 Å². The second kappa shape index (κ2) is 6.92. The molecule has 1 amide bonds. The van der Waals surface area contributed by atoms with E-state index in [1.807, 2.05) is 0 Å². The molecule has 1 heterocycles. The summed E-state index contributed by atoms with van der Waals surface area (Å²) >= 11 is 0. The highest BCUT2D eigenvalue weighted by Gasteiger charge is 2.45. The zero-order chi connectivity index (χ0) is 17.9. The Labute approximate surface area is 144 Å². The first-order chi connectivity index (χ1) is 12.0. The topological polar surface area (TPSA) is 115 Å². The van der Waals surface area contributed by atoms with Crippen molar-refractivity contribution in [2.75, 3.05) is 5.32 Å². The summed E-state index contributed by atoms with van der Waals surface area (Å²) in [5, 5.41) is 15.7. The molecule has 2 N–H and O–H groups in total. The molecule has 0 radical (unpaired) electrons. The number of carboxylic acid groups (broad SMARTS) is 1. The molecule has 1 fully saturated rings. The molecule has 8 nitrogen and oxygen atoms in total. The molecule has 2 aromatic rings. The highest BCUT2D eigenvalue weighted by molar-refractivity contribution is 5.94. The molecular formula is C17H19N3O5. The van der Waals surface area contributed by atoms with Crippen molar-refractivity contribution in [3.63, 3.8) is 0 Å². The third kappa shape index (κ3) is 3.96. The van der Waals surface area contributed by atoms with Crippen LogP contribution in [0.15, 0.2) is 28.8 Å². The fourth-order valence-electron chi connectivity index (χ4n) is 2.76. The number of rotatable bonds is 7. The van der Waals surface area contributed by atoms with Crippen LogP contribution in [0, 0.1) is 12.3 Å². The molecule has 1 aromatic carbocycles. The number of benzene rings is 1. The van der Waals surface area contributed by atoms with Gasteiger partial charge < -0.3 is 19.7 Å². The van der Waals surface area contributed by atoms with Crippen LogP contribution in [-0.2, 0) is 16.2 Å². The number of hydrogen-bond acceptors (Lipinski definition) is 6. The molecule has 8 heteroatoms. The number of nitrogens with zero attached hydrogens (tertiary/aromatic N) is 2. The second-order valence-corrected chi connectivity index (χ2v) is 6.21. The number of aromatic nitrogens is 2. The number of anilines is 1. The Kier molecular flexibility index (Phi) is 4.69. The maximum atomic E-state index is 12.1. The summed E-state index contributed by atoms with van der Waals surface area (Å²) in [6, 6.07) is 6.80. The van der Waals surface area contributed by atoms with Gasteiger partial charge in [-0.25, -0.2) is 0 Å². The monoisotopic (exact) mass is 345 g/mol. The average Bonchev–Trinajstić information content (AvgIpc) is 2.95. The van der Waals surface area contributed by atoms with Gasteiger partial charge in [-0.2, -0.15) is 4.98 Å². The summed E-state index contributed by atoms with van der Waals surface area (Å²) in [4.78, 5) is 27.4. The predicted molar refractivity (Wildman–Crippen MR) is 87.0 cm³/mol.